The monoisotopic (exact) mass is 305 g/mol. The molecule has 2 heterocycles. The zero-order chi connectivity index (χ0) is 14.6. The summed E-state index contributed by atoms with van der Waals surface area (Å²) in [7, 11) is 0. The molecule has 20 heavy (non-hydrogen) atoms. The minimum Gasteiger partial charge on any atom is -0.370 e. The summed E-state index contributed by atoms with van der Waals surface area (Å²) in [5, 5.41) is 5.96. The predicted molar refractivity (Wildman–Crippen MR) is 77.4 cm³/mol. The van der Waals surface area contributed by atoms with Crippen molar-refractivity contribution in [3.63, 3.8) is 0 Å². The standard InChI is InChI=1S/C13H18F3N3S/c1-2-17-11-6-9(13(14,15)16)7-12(19-11)18-10-4-3-5-20-8-10/h6-7,10H,2-5,8H2,1H3,(H2,17,18,19). The number of nitrogens with one attached hydrogen (secondary N) is 2. The van der Waals surface area contributed by atoms with Crippen molar-refractivity contribution in [1.29, 1.82) is 0 Å². The Hall–Kier alpha value is -1.11. The van der Waals surface area contributed by atoms with E-state index in [-0.39, 0.29) is 11.9 Å². The van der Waals surface area contributed by atoms with Gasteiger partial charge in [-0.25, -0.2) is 4.98 Å². The van der Waals surface area contributed by atoms with Crippen molar-refractivity contribution in [2.75, 3.05) is 28.7 Å². The van der Waals surface area contributed by atoms with Crippen molar-refractivity contribution in [2.24, 2.45) is 0 Å². The first-order chi connectivity index (χ1) is 9.49. The molecule has 0 spiro atoms. The predicted octanol–water partition coefficient (Wildman–Crippen LogP) is 3.84. The summed E-state index contributed by atoms with van der Waals surface area (Å²) in [6.45, 7) is 2.36. The highest BCUT2D eigenvalue weighted by atomic mass is 32.2. The molecule has 1 aromatic heterocycles. The van der Waals surface area contributed by atoms with Gasteiger partial charge in [0, 0.05) is 18.3 Å². The minimum absolute atomic E-state index is 0.194. The molecular formula is C13H18F3N3S. The van der Waals surface area contributed by atoms with E-state index in [1.54, 1.807) is 0 Å². The van der Waals surface area contributed by atoms with Crippen LogP contribution in [0.4, 0.5) is 24.8 Å². The second-order valence-corrected chi connectivity index (χ2v) is 5.86. The number of pyridine rings is 1. The van der Waals surface area contributed by atoms with E-state index in [9.17, 15) is 13.2 Å². The lowest BCUT2D eigenvalue weighted by Gasteiger charge is -2.23. The number of thioether (sulfide) groups is 1. The number of hydrogen-bond acceptors (Lipinski definition) is 4. The summed E-state index contributed by atoms with van der Waals surface area (Å²) in [4.78, 5) is 4.20. The second kappa shape index (κ2) is 6.56. The zero-order valence-electron chi connectivity index (χ0n) is 11.3. The van der Waals surface area contributed by atoms with E-state index >= 15 is 0 Å². The zero-order valence-corrected chi connectivity index (χ0v) is 12.1. The van der Waals surface area contributed by atoms with Crippen molar-refractivity contribution in [3.05, 3.63) is 17.7 Å². The van der Waals surface area contributed by atoms with Gasteiger partial charge < -0.3 is 10.6 Å². The highest BCUT2D eigenvalue weighted by Gasteiger charge is 2.32. The number of rotatable bonds is 4. The Morgan fingerprint density at radius 3 is 2.70 bits per heavy atom. The average molecular weight is 305 g/mol. The van der Waals surface area contributed by atoms with E-state index in [1.165, 1.54) is 0 Å². The maximum atomic E-state index is 12.9. The van der Waals surface area contributed by atoms with Gasteiger partial charge in [-0.3, -0.25) is 0 Å². The Kier molecular flexibility index (Phi) is 5.01. The van der Waals surface area contributed by atoms with E-state index in [4.69, 9.17) is 0 Å². The van der Waals surface area contributed by atoms with Crippen LogP contribution in [-0.4, -0.2) is 29.1 Å². The Morgan fingerprint density at radius 2 is 2.10 bits per heavy atom. The maximum absolute atomic E-state index is 12.9. The molecule has 1 unspecified atom stereocenters. The molecule has 1 aromatic rings. The quantitative estimate of drug-likeness (QED) is 0.886. The summed E-state index contributed by atoms with van der Waals surface area (Å²) in [6.07, 6.45) is -2.30. The van der Waals surface area contributed by atoms with E-state index in [0.29, 0.717) is 12.4 Å². The van der Waals surface area contributed by atoms with Crippen LogP contribution in [0.3, 0.4) is 0 Å². The van der Waals surface area contributed by atoms with Gasteiger partial charge in [0.15, 0.2) is 0 Å². The largest absolute Gasteiger partial charge is 0.416 e. The van der Waals surface area contributed by atoms with E-state index in [1.807, 2.05) is 18.7 Å². The molecule has 3 nitrogen and oxygen atoms in total. The van der Waals surface area contributed by atoms with Crippen LogP contribution >= 0.6 is 11.8 Å². The lowest BCUT2D eigenvalue weighted by atomic mass is 10.2. The van der Waals surface area contributed by atoms with Crippen LogP contribution in [-0.2, 0) is 6.18 Å². The third-order valence-electron chi connectivity index (χ3n) is 3.02. The summed E-state index contributed by atoms with van der Waals surface area (Å²) in [5.41, 5.74) is -0.672. The molecule has 1 atom stereocenters. The number of aromatic nitrogens is 1. The van der Waals surface area contributed by atoms with Crippen molar-refractivity contribution in [1.82, 2.24) is 4.98 Å². The number of alkyl halides is 3. The first kappa shape index (κ1) is 15.3. The first-order valence-electron chi connectivity index (χ1n) is 6.66. The molecule has 0 saturated carbocycles. The molecule has 2 rings (SSSR count). The molecule has 0 radical (unpaired) electrons. The third-order valence-corrected chi connectivity index (χ3v) is 4.24. The van der Waals surface area contributed by atoms with Crippen LogP contribution in [0.25, 0.3) is 0 Å². The molecule has 0 bridgehead atoms. The van der Waals surface area contributed by atoms with Crippen LogP contribution in [0.2, 0.25) is 0 Å². The topological polar surface area (TPSA) is 37.0 Å². The SMILES string of the molecule is CCNc1cc(C(F)(F)F)cc(NC2CCCSC2)n1. The van der Waals surface area contributed by atoms with Gasteiger partial charge in [0.1, 0.15) is 11.6 Å². The van der Waals surface area contributed by atoms with Gasteiger partial charge in [0.05, 0.1) is 5.56 Å². The minimum atomic E-state index is -4.36. The summed E-state index contributed by atoms with van der Waals surface area (Å²) in [5.74, 6) is 2.59. The normalized spacial score (nSPS) is 19.7. The molecule has 1 fully saturated rings. The molecule has 1 aliphatic rings. The van der Waals surface area contributed by atoms with E-state index in [2.05, 4.69) is 15.6 Å². The van der Waals surface area contributed by atoms with E-state index < -0.39 is 11.7 Å². The molecule has 1 saturated heterocycles. The van der Waals surface area contributed by atoms with Crippen LogP contribution in [0.1, 0.15) is 25.3 Å². The van der Waals surface area contributed by atoms with Crippen LogP contribution in [0.15, 0.2) is 12.1 Å². The molecule has 0 amide bonds. The fourth-order valence-electron chi connectivity index (χ4n) is 2.10. The van der Waals surface area contributed by atoms with Gasteiger partial charge in [-0.05, 0) is 37.7 Å². The second-order valence-electron chi connectivity index (χ2n) is 4.71. The Labute approximate surface area is 120 Å². The fraction of sp³-hybridized carbons (Fsp3) is 0.615. The number of hydrogen-bond donors (Lipinski definition) is 2. The smallest absolute Gasteiger partial charge is 0.370 e. The molecule has 7 heteroatoms. The highest BCUT2D eigenvalue weighted by molar-refractivity contribution is 7.99. The van der Waals surface area contributed by atoms with Gasteiger partial charge in [-0.2, -0.15) is 24.9 Å². The van der Waals surface area contributed by atoms with Gasteiger partial charge >= 0.3 is 6.18 Å². The van der Waals surface area contributed by atoms with Crippen molar-refractivity contribution in [3.8, 4) is 0 Å². The van der Waals surface area contributed by atoms with Crippen molar-refractivity contribution >= 4 is 23.4 Å². The fourth-order valence-corrected chi connectivity index (χ4v) is 3.18. The molecular weight excluding hydrogens is 287 g/mol. The van der Waals surface area contributed by atoms with Gasteiger partial charge in [0.25, 0.3) is 0 Å². The Morgan fingerprint density at radius 1 is 1.35 bits per heavy atom. The van der Waals surface area contributed by atoms with Gasteiger partial charge in [-0.15, -0.1) is 0 Å². The Balaban J connectivity index is 2.19. The van der Waals surface area contributed by atoms with Crippen molar-refractivity contribution < 1.29 is 13.2 Å². The molecule has 1 aliphatic heterocycles. The molecule has 112 valence electrons. The average Bonchev–Trinajstić information content (AvgIpc) is 2.39. The third kappa shape index (κ3) is 4.19. The van der Waals surface area contributed by atoms with Gasteiger partial charge in [-0.1, -0.05) is 0 Å². The lowest BCUT2D eigenvalue weighted by Crippen LogP contribution is -2.26. The highest BCUT2D eigenvalue weighted by Crippen LogP contribution is 2.32. The van der Waals surface area contributed by atoms with Crippen LogP contribution < -0.4 is 10.6 Å². The first-order valence-corrected chi connectivity index (χ1v) is 7.82. The van der Waals surface area contributed by atoms with Crippen LogP contribution in [0.5, 0.6) is 0 Å². The summed E-state index contributed by atoms with van der Waals surface area (Å²) < 4.78 is 38.6. The van der Waals surface area contributed by atoms with E-state index in [0.717, 1.165) is 36.5 Å². The van der Waals surface area contributed by atoms with Crippen molar-refractivity contribution in [2.45, 2.75) is 32.0 Å². The summed E-state index contributed by atoms with van der Waals surface area (Å²) >= 11 is 1.82. The number of halogens is 3. The number of nitrogens with zero attached hydrogens (tertiary/aromatic N) is 1. The van der Waals surface area contributed by atoms with Crippen LogP contribution in [0, 0.1) is 0 Å². The lowest BCUT2D eigenvalue weighted by molar-refractivity contribution is -0.137. The molecule has 0 aliphatic carbocycles. The maximum Gasteiger partial charge on any atom is 0.416 e. The number of anilines is 2. The summed E-state index contributed by atoms with van der Waals surface area (Å²) in [6, 6.07) is 2.32. The molecule has 0 aromatic carbocycles. The Bertz CT molecular complexity index is 445. The van der Waals surface area contributed by atoms with Gasteiger partial charge in [0.2, 0.25) is 0 Å². The molecule has 2 N–H and O–H groups in total.